The average Bonchev–Trinajstić information content (AvgIpc) is 2.26. The Labute approximate surface area is 74.0 Å². The van der Waals surface area contributed by atoms with Gasteiger partial charge in [-0.3, -0.25) is 4.90 Å². The molecule has 0 amide bonds. The second kappa shape index (κ2) is 4.21. The van der Waals surface area contributed by atoms with Crippen molar-refractivity contribution in [3.63, 3.8) is 0 Å². The molecule has 0 aromatic rings. The van der Waals surface area contributed by atoms with E-state index in [2.05, 4.69) is 11.8 Å². The number of likely N-dealkylation sites (tertiary alicyclic amines) is 1. The van der Waals surface area contributed by atoms with E-state index in [4.69, 9.17) is 5.11 Å². The van der Waals surface area contributed by atoms with Crippen LogP contribution in [0.5, 0.6) is 0 Å². The van der Waals surface area contributed by atoms with Crippen LogP contribution in [0.25, 0.3) is 0 Å². The van der Waals surface area contributed by atoms with Crippen molar-refractivity contribution in [1.82, 2.24) is 4.90 Å². The first-order chi connectivity index (χ1) is 5.59. The van der Waals surface area contributed by atoms with E-state index in [1.807, 2.05) is 0 Å². The van der Waals surface area contributed by atoms with Gasteiger partial charge in [-0.1, -0.05) is 0 Å². The van der Waals surface area contributed by atoms with E-state index >= 15 is 0 Å². The smallest absolute Gasteiger partial charge is 0.0682 e. The summed E-state index contributed by atoms with van der Waals surface area (Å²) in [5, 5.41) is 18.4. The van der Waals surface area contributed by atoms with Crippen LogP contribution in [0.4, 0.5) is 0 Å². The van der Waals surface area contributed by atoms with E-state index < -0.39 is 0 Å². The largest absolute Gasteiger partial charge is 0.393 e. The van der Waals surface area contributed by atoms with Gasteiger partial charge in [0.15, 0.2) is 0 Å². The molecule has 72 valence electrons. The maximum atomic E-state index is 9.33. The van der Waals surface area contributed by atoms with Crippen molar-refractivity contribution in [2.24, 2.45) is 0 Å². The zero-order valence-electron chi connectivity index (χ0n) is 7.90. The second-order valence-electron chi connectivity index (χ2n) is 3.87. The third-order valence-electron chi connectivity index (χ3n) is 2.52. The molecule has 0 saturated carbocycles. The van der Waals surface area contributed by atoms with Gasteiger partial charge in [-0.05, 0) is 26.7 Å². The molecule has 2 N–H and O–H groups in total. The number of aliphatic hydroxyl groups excluding tert-OH is 2. The molecule has 1 heterocycles. The summed E-state index contributed by atoms with van der Waals surface area (Å²) < 4.78 is 0. The lowest BCUT2D eigenvalue weighted by Crippen LogP contribution is -2.30. The predicted molar refractivity (Wildman–Crippen MR) is 48.0 cm³/mol. The maximum Gasteiger partial charge on any atom is 0.0682 e. The van der Waals surface area contributed by atoms with Gasteiger partial charge < -0.3 is 10.2 Å². The van der Waals surface area contributed by atoms with Crippen LogP contribution in [0.1, 0.15) is 26.7 Å². The molecule has 1 fully saturated rings. The van der Waals surface area contributed by atoms with Crippen molar-refractivity contribution in [1.29, 1.82) is 0 Å². The third kappa shape index (κ3) is 2.73. The first-order valence-electron chi connectivity index (χ1n) is 4.69. The quantitative estimate of drug-likeness (QED) is 0.641. The molecule has 0 aromatic carbocycles. The SMILES string of the molecule is CC(O)CCN1CC(O)CC1C. The highest BCUT2D eigenvalue weighted by Gasteiger charge is 2.26. The van der Waals surface area contributed by atoms with Crippen molar-refractivity contribution >= 4 is 0 Å². The number of nitrogens with zero attached hydrogens (tertiary/aromatic N) is 1. The van der Waals surface area contributed by atoms with Gasteiger partial charge in [-0.15, -0.1) is 0 Å². The number of β-amino-alcohol motifs (C(OH)–C–C–N with tert-alkyl or cyclic N) is 1. The van der Waals surface area contributed by atoms with Crippen molar-refractivity contribution in [3.05, 3.63) is 0 Å². The van der Waals surface area contributed by atoms with E-state index in [1.165, 1.54) is 0 Å². The molecule has 1 rings (SSSR count). The molecule has 3 nitrogen and oxygen atoms in total. The Morgan fingerprint density at radius 2 is 2.25 bits per heavy atom. The highest BCUT2D eigenvalue weighted by Crippen LogP contribution is 2.17. The molecule has 0 spiro atoms. The molecular weight excluding hydrogens is 154 g/mol. The van der Waals surface area contributed by atoms with Crippen molar-refractivity contribution in [3.8, 4) is 0 Å². The zero-order valence-corrected chi connectivity index (χ0v) is 7.90. The Bertz CT molecular complexity index is 138. The second-order valence-corrected chi connectivity index (χ2v) is 3.87. The van der Waals surface area contributed by atoms with Crippen LogP contribution in [0.3, 0.4) is 0 Å². The lowest BCUT2D eigenvalue weighted by molar-refractivity contribution is 0.142. The number of aliphatic hydroxyl groups is 2. The van der Waals surface area contributed by atoms with Crippen molar-refractivity contribution in [2.75, 3.05) is 13.1 Å². The molecule has 0 aromatic heterocycles. The summed E-state index contributed by atoms with van der Waals surface area (Å²) in [6.45, 7) is 5.60. The number of rotatable bonds is 3. The van der Waals surface area contributed by atoms with Crippen LogP contribution in [0, 0.1) is 0 Å². The Kier molecular flexibility index (Phi) is 3.50. The molecule has 3 unspecified atom stereocenters. The summed E-state index contributed by atoms with van der Waals surface area (Å²) in [7, 11) is 0. The van der Waals surface area contributed by atoms with Crippen molar-refractivity contribution < 1.29 is 10.2 Å². The van der Waals surface area contributed by atoms with Gasteiger partial charge in [-0.2, -0.15) is 0 Å². The normalized spacial score (nSPS) is 34.0. The highest BCUT2D eigenvalue weighted by atomic mass is 16.3. The lowest BCUT2D eigenvalue weighted by atomic mass is 10.2. The predicted octanol–water partition coefficient (Wildman–Crippen LogP) is 0.212. The van der Waals surface area contributed by atoms with E-state index in [9.17, 15) is 5.11 Å². The average molecular weight is 173 g/mol. The number of hydrogen-bond donors (Lipinski definition) is 2. The van der Waals surface area contributed by atoms with Gasteiger partial charge >= 0.3 is 0 Å². The van der Waals surface area contributed by atoms with E-state index in [-0.39, 0.29) is 12.2 Å². The van der Waals surface area contributed by atoms with E-state index in [0.717, 1.165) is 25.9 Å². The Morgan fingerprint density at radius 3 is 2.67 bits per heavy atom. The summed E-state index contributed by atoms with van der Waals surface area (Å²) in [5.74, 6) is 0. The fraction of sp³-hybridized carbons (Fsp3) is 1.00. The summed E-state index contributed by atoms with van der Waals surface area (Å²) >= 11 is 0. The molecule has 1 saturated heterocycles. The minimum Gasteiger partial charge on any atom is -0.393 e. The minimum atomic E-state index is -0.227. The van der Waals surface area contributed by atoms with Crippen molar-refractivity contribution in [2.45, 2.75) is 44.9 Å². The lowest BCUT2D eigenvalue weighted by Gasteiger charge is -2.20. The van der Waals surface area contributed by atoms with Gasteiger partial charge in [-0.25, -0.2) is 0 Å². The fourth-order valence-electron chi connectivity index (χ4n) is 1.73. The van der Waals surface area contributed by atoms with E-state index in [1.54, 1.807) is 6.92 Å². The monoisotopic (exact) mass is 173 g/mol. The Morgan fingerprint density at radius 1 is 1.58 bits per heavy atom. The molecular formula is C9H19NO2. The molecule has 0 radical (unpaired) electrons. The van der Waals surface area contributed by atoms with Crippen LogP contribution < -0.4 is 0 Å². The summed E-state index contributed by atoms with van der Waals surface area (Å²) in [6, 6.07) is 0.471. The topological polar surface area (TPSA) is 43.7 Å². The Balaban J connectivity index is 2.23. The number of hydrogen-bond acceptors (Lipinski definition) is 3. The van der Waals surface area contributed by atoms with Crippen LogP contribution in [-0.4, -0.2) is 46.5 Å². The van der Waals surface area contributed by atoms with Crippen LogP contribution in [0.2, 0.25) is 0 Å². The highest BCUT2D eigenvalue weighted by molar-refractivity contribution is 4.81. The van der Waals surface area contributed by atoms with Gasteiger partial charge in [0.25, 0.3) is 0 Å². The maximum absolute atomic E-state index is 9.33. The minimum absolute atomic E-state index is 0.158. The first kappa shape index (κ1) is 9.96. The molecule has 3 heteroatoms. The molecule has 0 bridgehead atoms. The van der Waals surface area contributed by atoms with Gasteiger partial charge in [0.2, 0.25) is 0 Å². The molecule has 1 aliphatic heterocycles. The standard InChI is InChI=1S/C9H19NO2/c1-7-5-9(12)6-10(7)4-3-8(2)11/h7-9,11-12H,3-6H2,1-2H3. The van der Waals surface area contributed by atoms with E-state index in [0.29, 0.717) is 6.04 Å². The first-order valence-corrected chi connectivity index (χ1v) is 4.69. The Hall–Kier alpha value is -0.120. The van der Waals surface area contributed by atoms with Gasteiger partial charge in [0, 0.05) is 19.1 Å². The fourth-order valence-corrected chi connectivity index (χ4v) is 1.73. The molecule has 12 heavy (non-hydrogen) atoms. The summed E-state index contributed by atoms with van der Waals surface area (Å²) in [5.41, 5.74) is 0. The molecule has 1 aliphatic rings. The molecule has 0 aliphatic carbocycles. The zero-order chi connectivity index (χ0) is 9.14. The summed E-state index contributed by atoms with van der Waals surface area (Å²) in [4.78, 5) is 2.23. The van der Waals surface area contributed by atoms with Crippen LogP contribution >= 0.6 is 0 Å². The summed E-state index contributed by atoms with van der Waals surface area (Å²) in [6.07, 6.45) is 1.29. The van der Waals surface area contributed by atoms with Gasteiger partial charge in [0.1, 0.15) is 0 Å². The van der Waals surface area contributed by atoms with Crippen LogP contribution in [0.15, 0.2) is 0 Å². The third-order valence-corrected chi connectivity index (χ3v) is 2.52. The van der Waals surface area contributed by atoms with Crippen LogP contribution in [-0.2, 0) is 0 Å². The molecule has 3 atom stereocenters. The van der Waals surface area contributed by atoms with Gasteiger partial charge in [0.05, 0.1) is 12.2 Å².